The van der Waals surface area contributed by atoms with E-state index in [-0.39, 0.29) is 27.9 Å². The first-order valence-electron chi connectivity index (χ1n) is 5.81. The molecule has 2 aromatic rings. The van der Waals surface area contributed by atoms with Crippen molar-refractivity contribution in [1.82, 2.24) is 0 Å². The number of carbonyl (C=O) groups is 1. The zero-order valence-electron chi connectivity index (χ0n) is 10.8. The fourth-order valence-electron chi connectivity index (χ4n) is 1.65. The summed E-state index contributed by atoms with van der Waals surface area (Å²) < 4.78 is 19.0. The molecule has 7 heteroatoms. The van der Waals surface area contributed by atoms with Gasteiger partial charge in [0.15, 0.2) is 17.3 Å². The van der Waals surface area contributed by atoms with Crippen molar-refractivity contribution in [1.29, 1.82) is 0 Å². The van der Waals surface area contributed by atoms with Gasteiger partial charge in [0.2, 0.25) is 5.75 Å². The molecule has 0 aromatic heterocycles. The monoisotopic (exact) mass is 309 g/mol. The van der Waals surface area contributed by atoms with Crippen molar-refractivity contribution in [3.05, 3.63) is 62.9 Å². The zero-order valence-corrected chi connectivity index (χ0v) is 11.6. The summed E-state index contributed by atoms with van der Waals surface area (Å²) in [7, 11) is 0. The van der Waals surface area contributed by atoms with Gasteiger partial charge in [-0.25, -0.2) is 4.39 Å². The second kappa shape index (κ2) is 5.88. The molecular formula is C14H9ClFNO4. The second-order valence-electron chi connectivity index (χ2n) is 4.15. The number of benzene rings is 2. The first-order chi connectivity index (χ1) is 9.90. The highest BCUT2D eigenvalue weighted by Gasteiger charge is 2.19. The van der Waals surface area contributed by atoms with Crippen LogP contribution in [0.5, 0.6) is 11.5 Å². The molecule has 0 heterocycles. The molecule has 0 aliphatic rings. The zero-order chi connectivity index (χ0) is 15.6. The van der Waals surface area contributed by atoms with Gasteiger partial charge in [0.25, 0.3) is 0 Å². The molecule has 0 saturated carbocycles. The van der Waals surface area contributed by atoms with Crippen LogP contribution in [0, 0.1) is 15.9 Å². The molecule has 0 unspecified atom stereocenters. The van der Waals surface area contributed by atoms with Crippen LogP contribution in [0.2, 0.25) is 5.02 Å². The lowest BCUT2D eigenvalue weighted by Gasteiger charge is -2.08. The largest absolute Gasteiger partial charge is 0.447 e. The van der Waals surface area contributed by atoms with Crippen molar-refractivity contribution < 1.29 is 18.8 Å². The van der Waals surface area contributed by atoms with Crippen molar-refractivity contribution in [2.24, 2.45) is 0 Å². The van der Waals surface area contributed by atoms with Crippen LogP contribution in [0.15, 0.2) is 36.4 Å². The lowest BCUT2D eigenvalue weighted by molar-refractivity contribution is -0.385. The van der Waals surface area contributed by atoms with E-state index < -0.39 is 16.4 Å². The molecule has 2 aromatic carbocycles. The van der Waals surface area contributed by atoms with Crippen LogP contribution in [-0.2, 0) is 0 Å². The Bertz CT molecular complexity index is 733. The summed E-state index contributed by atoms with van der Waals surface area (Å²) in [6.45, 7) is 1.29. The molecular weight excluding hydrogens is 301 g/mol. The third-order valence-corrected chi connectivity index (χ3v) is 2.99. The third-order valence-electron chi connectivity index (χ3n) is 2.70. The normalized spacial score (nSPS) is 10.2. The van der Waals surface area contributed by atoms with Gasteiger partial charge in [-0.05, 0) is 31.2 Å². The van der Waals surface area contributed by atoms with Crippen LogP contribution >= 0.6 is 11.6 Å². The molecule has 0 fully saturated rings. The maximum Gasteiger partial charge on any atom is 0.312 e. The molecule has 0 N–H and O–H groups in total. The number of nitrogens with zero attached hydrogens (tertiary/aromatic N) is 1. The molecule has 0 aliphatic carbocycles. The smallest absolute Gasteiger partial charge is 0.312 e. The Morgan fingerprint density at radius 1 is 1.29 bits per heavy atom. The fraction of sp³-hybridized carbons (Fsp3) is 0.0714. The molecule has 108 valence electrons. The number of hydrogen-bond donors (Lipinski definition) is 0. The summed E-state index contributed by atoms with van der Waals surface area (Å²) in [5.41, 5.74) is -0.261. The summed E-state index contributed by atoms with van der Waals surface area (Å²) in [5.74, 6) is -1.55. The minimum absolute atomic E-state index is 0.157. The van der Waals surface area contributed by atoms with E-state index in [1.54, 1.807) is 0 Å². The maximum atomic E-state index is 13.7. The number of ketones is 1. The van der Waals surface area contributed by atoms with E-state index in [2.05, 4.69) is 0 Å². The minimum Gasteiger partial charge on any atom is -0.447 e. The maximum absolute atomic E-state index is 13.7. The van der Waals surface area contributed by atoms with E-state index in [9.17, 15) is 19.3 Å². The molecule has 21 heavy (non-hydrogen) atoms. The molecule has 0 saturated heterocycles. The van der Waals surface area contributed by atoms with Gasteiger partial charge in [0.05, 0.1) is 9.95 Å². The standard InChI is InChI=1S/C14H9ClFNO4/c1-8(18)9-5-6-12(11(7-9)17(19)20)21-13-4-2-3-10(15)14(13)16/h2-7H,1H3. The lowest BCUT2D eigenvalue weighted by Crippen LogP contribution is -1.99. The van der Waals surface area contributed by atoms with Crippen LogP contribution in [0.25, 0.3) is 0 Å². The number of hydrogen-bond acceptors (Lipinski definition) is 4. The SMILES string of the molecule is CC(=O)c1ccc(Oc2cccc(Cl)c2F)c([N+](=O)[O-])c1. The van der Waals surface area contributed by atoms with Gasteiger partial charge in [0, 0.05) is 11.6 Å². The van der Waals surface area contributed by atoms with Crippen LogP contribution in [-0.4, -0.2) is 10.7 Å². The fourth-order valence-corrected chi connectivity index (χ4v) is 1.81. The van der Waals surface area contributed by atoms with Gasteiger partial charge in [-0.15, -0.1) is 0 Å². The second-order valence-corrected chi connectivity index (χ2v) is 4.56. The number of carbonyl (C=O) groups excluding carboxylic acids is 1. The Morgan fingerprint density at radius 3 is 2.62 bits per heavy atom. The van der Waals surface area contributed by atoms with E-state index in [1.807, 2.05) is 0 Å². The first-order valence-corrected chi connectivity index (χ1v) is 6.19. The van der Waals surface area contributed by atoms with E-state index in [0.29, 0.717) is 0 Å². The molecule has 2 rings (SSSR count). The van der Waals surface area contributed by atoms with Gasteiger partial charge in [-0.3, -0.25) is 14.9 Å². The number of nitro groups is 1. The molecule has 0 amide bonds. The van der Waals surface area contributed by atoms with E-state index in [4.69, 9.17) is 16.3 Å². The average Bonchev–Trinajstić information content (AvgIpc) is 2.43. The van der Waals surface area contributed by atoms with Gasteiger partial charge in [-0.1, -0.05) is 17.7 Å². The number of halogens is 2. The summed E-state index contributed by atoms with van der Waals surface area (Å²) in [4.78, 5) is 21.6. The Kier molecular flexibility index (Phi) is 4.18. The lowest BCUT2D eigenvalue weighted by atomic mass is 10.1. The van der Waals surface area contributed by atoms with Crippen molar-refractivity contribution in [3.63, 3.8) is 0 Å². The average molecular weight is 310 g/mol. The molecule has 0 aliphatic heterocycles. The summed E-state index contributed by atoms with van der Waals surface area (Å²) >= 11 is 5.62. The van der Waals surface area contributed by atoms with Crippen molar-refractivity contribution in [3.8, 4) is 11.5 Å². The molecule has 5 nitrogen and oxygen atoms in total. The summed E-state index contributed by atoms with van der Waals surface area (Å²) in [6, 6.07) is 7.78. The number of rotatable bonds is 4. The van der Waals surface area contributed by atoms with E-state index in [0.717, 1.165) is 6.07 Å². The molecule has 0 spiro atoms. The number of ether oxygens (including phenoxy) is 1. The van der Waals surface area contributed by atoms with Gasteiger partial charge < -0.3 is 4.74 Å². The van der Waals surface area contributed by atoms with Crippen LogP contribution < -0.4 is 4.74 Å². The third kappa shape index (κ3) is 3.17. The Morgan fingerprint density at radius 2 is 2.00 bits per heavy atom. The van der Waals surface area contributed by atoms with Crippen LogP contribution in [0.1, 0.15) is 17.3 Å². The molecule has 0 radical (unpaired) electrons. The molecule has 0 atom stereocenters. The number of nitro benzene ring substituents is 1. The van der Waals surface area contributed by atoms with Crippen molar-refractivity contribution >= 4 is 23.1 Å². The highest BCUT2D eigenvalue weighted by molar-refractivity contribution is 6.30. The van der Waals surface area contributed by atoms with Crippen LogP contribution in [0.3, 0.4) is 0 Å². The summed E-state index contributed by atoms with van der Waals surface area (Å²) in [5, 5.41) is 10.9. The Balaban J connectivity index is 2.46. The van der Waals surface area contributed by atoms with E-state index in [1.165, 1.54) is 37.3 Å². The highest BCUT2D eigenvalue weighted by atomic mass is 35.5. The quantitative estimate of drug-likeness (QED) is 0.477. The van der Waals surface area contributed by atoms with Gasteiger partial charge in [0.1, 0.15) is 0 Å². The number of Topliss-reactive ketones (excluding diaryl/α,β-unsaturated/α-hetero) is 1. The predicted molar refractivity (Wildman–Crippen MR) is 74.6 cm³/mol. The van der Waals surface area contributed by atoms with Gasteiger partial charge in [-0.2, -0.15) is 0 Å². The van der Waals surface area contributed by atoms with E-state index >= 15 is 0 Å². The summed E-state index contributed by atoms with van der Waals surface area (Å²) in [6.07, 6.45) is 0. The van der Waals surface area contributed by atoms with Crippen molar-refractivity contribution in [2.75, 3.05) is 0 Å². The minimum atomic E-state index is -0.816. The van der Waals surface area contributed by atoms with Crippen LogP contribution in [0.4, 0.5) is 10.1 Å². The van der Waals surface area contributed by atoms with Gasteiger partial charge >= 0.3 is 5.69 Å². The Labute approximate surface area is 124 Å². The molecule has 0 bridgehead atoms. The topological polar surface area (TPSA) is 69.4 Å². The predicted octanol–water partition coefficient (Wildman–Crippen LogP) is 4.38. The Hall–Kier alpha value is -2.47. The van der Waals surface area contributed by atoms with Crippen molar-refractivity contribution in [2.45, 2.75) is 6.92 Å². The highest BCUT2D eigenvalue weighted by Crippen LogP contribution is 2.34. The first kappa shape index (κ1) is 14.9.